The van der Waals surface area contributed by atoms with Crippen LogP contribution in [0.3, 0.4) is 0 Å². The number of amides is 1. The molecule has 3 rings (SSSR count). The summed E-state index contributed by atoms with van der Waals surface area (Å²) in [6.07, 6.45) is 1.89. The number of hydrogen-bond donors (Lipinski definition) is 1. The molecular formula is C20H24N2O5. The fourth-order valence-corrected chi connectivity index (χ4v) is 3.42. The number of likely N-dealkylation sites (tertiary alicyclic amines) is 1. The third-order valence-corrected chi connectivity index (χ3v) is 4.95. The van der Waals surface area contributed by atoms with Gasteiger partial charge in [-0.15, -0.1) is 0 Å². The first-order chi connectivity index (χ1) is 12.9. The second kappa shape index (κ2) is 8.24. The van der Waals surface area contributed by atoms with Gasteiger partial charge in [-0.05, 0) is 44.4 Å². The molecule has 0 bridgehead atoms. The predicted octanol–water partition coefficient (Wildman–Crippen LogP) is 2.88. The Morgan fingerprint density at radius 3 is 2.67 bits per heavy atom. The van der Waals surface area contributed by atoms with Crippen molar-refractivity contribution in [3.05, 3.63) is 46.8 Å². The van der Waals surface area contributed by atoms with Crippen LogP contribution in [-0.2, 0) is 22.6 Å². The maximum atomic E-state index is 12.5. The number of aromatic nitrogens is 1. The van der Waals surface area contributed by atoms with Crippen LogP contribution in [0.5, 0.6) is 5.75 Å². The van der Waals surface area contributed by atoms with Crippen molar-refractivity contribution >= 4 is 11.9 Å². The van der Waals surface area contributed by atoms with Crippen LogP contribution in [-0.4, -0.2) is 39.6 Å². The van der Waals surface area contributed by atoms with Crippen LogP contribution in [0, 0.1) is 13.8 Å². The van der Waals surface area contributed by atoms with Gasteiger partial charge < -0.3 is 19.3 Å². The summed E-state index contributed by atoms with van der Waals surface area (Å²) >= 11 is 0. The summed E-state index contributed by atoms with van der Waals surface area (Å²) in [6, 6.07) is 7.21. The van der Waals surface area contributed by atoms with Gasteiger partial charge in [-0.2, -0.15) is 0 Å². The zero-order chi connectivity index (χ0) is 19.4. The molecular weight excluding hydrogens is 348 g/mol. The minimum absolute atomic E-state index is 0.0141. The van der Waals surface area contributed by atoms with Crippen LogP contribution in [0.1, 0.15) is 41.8 Å². The van der Waals surface area contributed by atoms with Crippen LogP contribution < -0.4 is 4.74 Å². The van der Waals surface area contributed by atoms with E-state index in [1.54, 1.807) is 4.90 Å². The second-order valence-electron chi connectivity index (χ2n) is 6.89. The topological polar surface area (TPSA) is 92.9 Å². The highest BCUT2D eigenvalue weighted by Gasteiger charge is 2.30. The molecule has 1 aliphatic rings. The number of aryl methyl sites for hydroxylation is 2. The van der Waals surface area contributed by atoms with Gasteiger partial charge in [-0.25, -0.2) is 0 Å². The van der Waals surface area contributed by atoms with E-state index in [1.807, 2.05) is 38.1 Å². The molecule has 0 radical (unpaired) electrons. The first-order valence-electron chi connectivity index (χ1n) is 9.09. The summed E-state index contributed by atoms with van der Waals surface area (Å²) in [5, 5.41) is 12.9. The zero-order valence-electron chi connectivity index (χ0n) is 15.6. The number of aliphatic carboxylic acids is 1. The number of rotatable bonds is 7. The molecule has 1 saturated heterocycles. The third-order valence-electron chi connectivity index (χ3n) is 4.95. The molecule has 1 unspecified atom stereocenters. The Balaban J connectivity index is 1.55. The standard InChI is InChI=1S/C20H24N2O5/c1-13-18(14(2)27-21-13)12-26-17-7-5-15(6-8-17)10-19(23)22-9-3-4-16(22)11-20(24)25/h5-8,16H,3-4,9-12H2,1-2H3,(H,24,25). The van der Waals surface area contributed by atoms with E-state index < -0.39 is 5.97 Å². The van der Waals surface area contributed by atoms with Crippen LogP contribution in [0.2, 0.25) is 0 Å². The van der Waals surface area contributed by atoms with Gasteiger partial charge in [0.25, 0.3) is 0 Å². The van der Waals surface area contributed by atoms with Crippen molar-refractivity contribution in [2.75, 3.05) is 6.54 Å². The molecule has 1 aromatic carbocycles. The number of nitrogens with zero attached hydrogens (tertiary/aromatic N) is 2. The number of ether oxygens (including phenoxy) is 1. The number of carbonyl (C=O) groups excluding carboxylic acids is 1. The number of hydrogen-bond acceptors (Lipinski definition) is 5. The van der Waals surface area contributed by atoms with Gasteiger partial charge in [-0.1, -0.05) is 17.3 Å². The largest absolute Gasteiger partial charge is 0.489 e. The molecule has 0 spiro atoms. The van der Waals surface area contributed by atoms with Gasteiger partial charge in [0.1, 0.15) is 18.1 Å². The monoisotopic (exact) mass is 372 g/mol. The van der Waals surface area contributed by atoms with Crippen molar-refractivity contribution in [3.63, 3.8) is 0 Å². The van der Waals surface area contributed by atoms with E-state index in [0.29, 0.717) is 18.9 Å². The predicted molar refractivity (Wildman–Crippen MR) is 97.4 cm³/mol. The summed E-state index contributed by atoms with van der Waals surface area (Å²) < 4.78 is 10.9. The maximum Gasteiger partial charge on any atom is 0.305 e. The Labute approximate surface area is 157 Å². The van der Waals surface area contributed by atoms with Crippen molar-refractivity contribution in [3.8, 4) is 5.75 Å². The minimum Gasteiger partial charge on any atom is -0.489 e. The van der Waals surface area contributed by atoms with Crippen LogP contribution in [0.15, 0.2) is 28.8 Å². The number of carboxylic acids is 1. The Morgan fingerprint density at radius 2 is 2.04 bits per heavy atom. The Morgan fingerprint density at radius 1 is 1.30 bits per heavy atom. The summed E-state index contributed by atoms with van der Waals surface area (Å²) in [5.41, 5.74) is 2.63. The van der Waals surface area contributed by atoms with E-state index in [9.17, 15) is 9.59 Å². The summed E-state index contributed by atoms with van der Waals surface area (Å²) in [4.78, 5) is 25.2. The Bertz CT molecular complexity index is 793. The van der Waals surface area contributed by atoms with Crippen LogP contribution in [0.25, 0.3) is 0 Å². The molecule has 0 aliphatic carbocycles. The number of benzene rings is 1. The van der Waals surface area contributed by atoms with E-state index >= 15 is 0 Å². The van der Waals surface area contributed by atoms with Gasteiger partial charge >= 0.3 is 5.97 Å². The minimum atomic E-state index is -0.862. The maximum absolute atomic E-state index is 12.5. The lowest BCUT2D eigenvalue weighted by Crippen LogP contribution is -2.37. The third kappa shape index (κ3) is 4.67. The Hall–Kier alpha value is -2.83. The Kier molecular flexibility index (Phi) is 5.78. The number of carbonyl (C=O) groups is 2. The molecule has 7 nitrogen and oxygen atoms in total. The van der Waals surface area contributed by atoms with Crippen molar-refractivity contribution in [2.24, 2.45) is 0 Å². The van der Waals surface area contributed by atoms with Crippen molar-refractivity contribution in [1.82, 2.24) is 10.1 Å². The van der Waals surface area contributed by atoms with Gasteiger partial charge in [-0.3, -0.25) is 9.59 Å². The van der Waals surface area contributed by atoms with Crippen molar-refractivity contribution < 1.29 is 24.0 Å². The molecule has 1 N–H and O–H groups in total. The van der Waals surface area contributed by atoms with E-state index in [1.165, 1.54) is 0 Å². The quantitative estimate of drug-likeness (QED) is 0.803. The smallest absolute Gasteiger partial charge is 0.305 e. The fraction of sp³-hybridized carbons (Fsp3) is 0.450. The van der Waals surface area contributed by atoms with Gasteiger partial charge in [0.05, 0.1) is 24.1 Å². The molecule has 144 valence electrons. The highest BCUT2D eigenvalue weighted by molar-refractivity contribution is 5.80. The van der Waals surface area contributed by atoms with E-state index in [4.69, 9.17) is 14.4 Å². The average Bonchev–Trinajstić information content (AvgIpc) is 3.21. The van der Waals surface area contributed by atoms with E-state index in [2.05, 4.69) is 5.16 Å². The summed E-state index contributed by atoms with van der Waals surface area (Å²) in [7, 11) is 0. The summed E-state index contributed by atoms with van der Waals surface area (Å²) in [6.45, 7) is 4.74. The van der Waals surface area contributed by atoms with Gasteiger partial charge in [0.15, 0.2) is 0 Å². The van der Waals surface area contributed by atoms with Crippen LogP contribution in [0.4, 0.5) is 0 Å². The lowest BCUT2D eigenvalue weighted by atomic mass is 10.1. The molecule has 7 heteroatoms. The van der Waals surface area contributed by atoms with E-state index in [0.717, 1.165) is 35.4 Å². The van der Waals surface area contributed by atoms with Gasteiger partial charge in [0, 0.05) is 12.6 Å². The molecule has 1 atom stereocenters. The molecule has 1 fully saturated rings. The molecule has 2 aromatic rings. The van der Waals surface area contributed by atoms with E-state index in [-0.39, 0.29) is 24.8 Å². The molecule has 1 aromatic heterocycles. The lowest BCUT2D eigenvalue weighted by molar-refractivity contribution is -0.139. The normalized spacial score (nSPS) is 16.5. The van der Waals surface area contributed by atoms with Crippen LogP contribution >= 0.6 is 0 Å². The van der Waals surface area contributed by atoms with Crippen molar-refractivity contribution in [1.29, 1.82) is 0 Å². The average molecular weight is 372 g/mol. The first-order valence-corrected chi connectivity index (χ1v) is 9.09. The SMILES string of the molecule is Cc1noc(C)c1COc1ccc(CC(=O)N2CCCC2CC(=O)O)cc1. The molecule has 0 saturated carbocycles. The molecule has 1 amide bonds. The van der Waals surface area contributed by atoms with Gasteiger partial charge in [0.2, 0.25) is 5.91 Å². The number of carboxylic acid groups (broad SMARTS) is 1. The second-order valence-corrected chi connectivity index (χ2v) is 6.89. The lowest BCUT2D eigenvalue weighted by Gasteiger charge is -2.23. The van der Waals surface area contributed by atoms with Crippen molar-refractivity contribution in [2.45, 2.75) is 52.2 Å². The highest BCUT2D eigenvalue weighted by atomic mass is 16.5. The zero-order valence-corrected chi connectivity index (χ0v) is 15.6. The highest BCUT2D eigenvalue weighted by Crippen LogP contribution is 2.22. The molecule has 27 heavy (non-hydrogen) atoms. The fourth-order valence-electron chi connectivity index (χ4n) is 3.42. The molecule has 1 aliphatic heterocycles. The summed E-state index contributed by atoms with van der Waals surface area (Å²) in [5.74, 6) is 0.565. The first kappa shape index (κ1) is 18.9. The molecule has 2 heterocycles.